The van der Waals surface area contributed by atoms with E-state index in [1.54, 1.807) is 0 Å². The number of benzene rings is 2. The summed E-state index contributed by atoms with van der Waals surface area (Å²) in [5.41, 5.74) is 3.68. The van der Waals surface area contributed by atoms with Crippen molar-refractivity contribution in [2.75, 3.05) is 5.32 Å². The Morgan fingerprint density at radius 3 is 2.17 bits per heavy atom. The van der Waals surface area contributed by atoms with Crippen molar-refractivity contribution in [2.24, 2.45) is 0 Å². The summed E-state index contributed by atoms with van der Waals surface area (Å²) in [5.74, 6) is -2.86. The Labute approximate surface area is 170 Å². The Hall–Kier alpha value is -2.48. The lowest BCUT2D eigenvalue weighted by Gasteiger charge is -2.24. The molecule has 2 aliphatic rings. The van der Waals surface area contributed by atoms with Crippen molar-refractivity contribution in [2.45, 2.75) is 49.6 Å². The highest BCUT2D eigenvalue weighted by molar-refractivity contribution is 5.53. The van der Waals surface area contributed by atoms with Gasteiger partial charge in [0.15, 0.2) is 5.92 Å². The highest BCUT2D eigenvalue weighted by atomic mass is 19.4. The summed E-state index contributed by atoms with van der Waals surface area (Å²) in [4.78, 5) is 0. The quantitative estimate of drug-likeness (QED) is 0.531. The predicted octanol–water partition coefficient (Wildman–Crippen LogP) is 6.54. The fourth-order valence-corrected chi connectivity index (χ4v) is 3.94. The second kappa shape index (κ2) is 7.34. The van der Waals surface area contributed by atoms with E-state index in [-0.39, 0.29) is 6.04 Å². The summed E-state index contributed by atoms with van der Waals surface area (Å²) in [6, 6.07) is 10.3. The summed E-state index contributed by atoms with van der Waals surface area (Å²) >= 11 is 0. The van der Waals surface area contributed by atoms with Gasteiger partial charge in [0.05, 0.1) is 6.04 Å². The zero-order chi connectivity index (χ0) is 21.7. The third-order valence-corrected chi connectivity index (χ3v) is 5.58. The lowest BCUT2D eigenvalue weighted by atomic mass is 9.97. The number of alkyl halides is 6. The molecule has 2 aromatic rings. The fourth-order valence-electron chi connectivity index (χ4n) is 3.94. The molecule has 2 aromatic carbocycles. The van der Waals surface area contributed by atoms with Gasteiger partial charge in [0.25, 0.3) is 0 Å². The van der Waals surface area contributed by atoms with Gasteiger partial charge in [-0.2, -0.15) is 26.3 Å². The molecule has 2 nitrogen and oxygen atoms in total. The maximum Gasteiger partial charge on any atom is 0.404 e. The first-order valence-corrected chi connectivity index (χ1v) is 9.59. The summed E-state index contributed by atoms with van der Waals surface area (Å²) < 4.78 is 77.3. The fraction of sp³-hybridized carbons (Fsp3) is 0.364. The summed E-state index contributed by atoms with van der Waals surface area (Å²) in [7, 11) is 0. The van der Waals surface area contributed by atoms with Crippen LogP contribution in [0.1, 0.15) is 53.0 Å². The molecule has 0 saturated heterocycles. The Morgan fingerprint density at radius 1 is 0.967 bits per heavy atom. The third kappa shape index (κ3) is 4.19. The van der Waals surface area contributed by atoms with Gasteiger partial charge < -0.3 is 10.6 Å². The molecule has 0 bridgehead atoms. The number of fused-ring (bicyclic) bond motifs is 1. The second-order valence-electron chi connectivity index (χ2n) is 7.83. The average Bonchev–Trinajstić information content (AvgIpc) is 3.40. The van der Waals surface area contributed by atoms with E-state index in [9.17, 15) is 26.3 Å². The van der Waals surface area contributed by atoms with Crippen molar-refractivity contribution in [1.82, 2.24) is 5.32 Å². The minimum absolute atomic E-state index is 0.189. The zero-order valence-corrected chi connectivity index (χ0v) is 15.9. The summed E-state index contributed by atoms with van der Waals surface area (Å²) in [6.45, 7) is 4.68. The number of nitrogens with one attached hydrogen (secondary N) is 2. The molecule has 1 saturated carbocycles. The highest BCUT2D eigenvalue weighted by Gasteiger charge is 2.57. The lowest BCUT2D eigenvalue weighted by Crippen LogP contribution is -2.34. The topological polar surface area (TPSA) is 24.1 Å². The van der Waals surface area contributed by atoms with Crippen LogP contribution in [0, 0.1) is 0 Å². The summed E-state index contributed by atoms with van der Waals surface area (Å²) in [5, 5.41) is 6.34. The van der Waals surface area contributed by atoms with Gasteiger partial charge in [-0.1, -0.05) is 36.9 Å². The Bertz CT molecular complexity index is 928. The second-order valence-corrected chi connectivity index (χ2v) is 7.83. The van der Waals surface area contributed by atoms with E-state index < -0.39 is 23.8 Å². The van der Waals surface area contributed by atoms with Crippen LogP contribution in [0.5, 0.6) is 0 Å². The molecular weight excluding hydrogens is 406 g/mol. The van der Waals surface area contributed by atoms with Crippen molar-refractivity contribution < 1.29 is 26.3 Å². The molecule has 1 aliphatic carbocycles. The van der Waals surface area contributed by atoms with Crippen molar-refractivity contribution in [3.8, 4) is 0 Å². The first-order valence-electron chi connectivity index (χ1n) is 9.59. The molecule has 2 N–H and O–H groups in total. The summed E-state index contributed by atoms with van der Waals surface area (Å²) in [6.07, 6.45) is -8.39. The molecule has 1 fully saturated rings. The number of hydrogen-bond donors (Lipinski definition) is 2. The lowest BCUT2D eigenvalue weighted by molar-refractivity contribution is -0.253. The molecule has 4 rings (SSSR count). The van der Waals surface area contributed by atoms with Gasteiger partial charge in [-0.3, -0.25) is 0 Å². The van der Waals surface area contributed by atoms with E-state index in [2.05, 4.69) is 35.4 Å². The third-order valence-electron chi connectivity index (χ3n) is 5.58. The molecule has 1 unspecified atom stereocenters. The maximum atomic E-state index is 12.9. The number of halogens is 6. The first-order chi connectivity index (χ1) is 14.0. The molecule has 0 aromatic heterocycles. The minimum Gasteiger partial charge on any atom is -0.358 e. The average molecular weight is 426 g/mol. The number of hydrogen-bond acceptors (Lipinski definition) is 2. The molecule has 0 radical (unpaired) electrons. The highest BCUT2D eigenvalue weighted by Crippen LogP contribution is 2.46. The van der Waals surface area contributed by atoms with Gasteiger partial charge in [-0.05, 0) is 53.1 Å². The van der Waals surface area contributed by atoms with Crippen LogP contribution in [0.25, 0.3) is 0 Å². The molecule has 1 aliphatic heterocycles. The monoisotopic (exact) mass is 426 g/mol. The van der Waals surface area contributed by atoms with Gasteiger partial charge in [0.1, 0.15) is 0 Å². The molecule has 1 heterocycles. The van der Waals surface area contributed by atoms with Crippen LogP contribution in [0.15, 0.2) is 54.7 Å². The molecule has 1 atom stereocenters. The van der Waals surface area contributed by atoms with Crippen molar-refractivity contribution in [3.63, 3.8) is 0 Å². The number of rotatable bonds is 5. The van der Waals surface area contributed by atoms with E-state index in [1.807, 2.05) is 0 Å². The molecule has 0 amide bonds. The van der Waals surface area contributed by atoms with Gasteiger partial charge in [-0.25, -0.2) is 0 Å². The Morgan fingerprint density at radius 2 is 1.60 bits per heavy atom. The predicted molar refractivity (Wildman–Crippen MR) is 102 cm³/mol. The minimum atomic E-state index is -5.41. The molecule has 8 heteroatoms. The van der Waals surface area contributed by atoms with E-state index in [0.717, 1.165) is 17.7 Å². The van der Waals surface area contributed by atoms with Crippen LogP contribution in [0.4, 0.5) is 32.0 Å². The van der Waals surface area contributed by atoms with Gasteiger partial charge >= 0.3 is 12.4 Å². The standard InChI is InChI=1S/C22H20F6N2/c1-12(19-18-9-6-15(13-2-3-13)10-16(18)11-29-19)30-17-7-4-14(5-8-17)20(21(23,24)25)22(26,27)28/h4-10,13,19-20,29-30H,1-3,11H2. The van der Waals surface area contributed by atoms with Crippen LogP contribution in [0.3, 0.4) is 0 Å². The largest absolute Gasteiger partial charge is 0.404 e. The van der Waals surface area contributed by atoms with E-state index in [0.29, 0.717) is 23.8 Å². The van der Waals surface area contributed by atoms with Gasteiger partial charge in [0.2, 0.25) is 0 Å². The van der Waals surface area contributed by atoms with Crippen LogP contribution in [-0.2, 0) is 6.54 Å². The SMILES string of the molecule is C=C(Nc1ccc(C(C(F)(F)F)C(F)(F)F)cc1)C1NCc2cc(C3CC3)ccc21. The van der Waals surface area contributed by atoms with Crippen LogP contribution < -0.4 is 10.6 Å². The zero-order valence-electron chi connectivity index (χ0n) is 15.9. The number of anilines is 1. The normalized spacial score (nSPS) is 19.1. The molecular formula is C22H20F6N2. The van der Waals surface area contributed by atoms with Crippen LogP contribution in [0.2, 0.25) is 0 Å². The molecule has 30 heavy (non-hydrogen) atoms. The van der Waals surface area contributed by atoms with Crippen molar-refractivity contribution in [1.29, 1.82) is 0 Å². The van der Waals surface area contributed by atoms with Crippen molar-refractivity contribution in [3.05, 3.63) is 77.0 Å². The Balaban J connectivity index is 1.47. The Kier molecular flexibility index (Phi) is 5.08. The molecule has 0 spiro atoms. The van der Waals surface area contributed by atoms with Gasteiger partial charge in [-0.15, -0.1) is 0 Å². The van der Waals surface area contributed by atoms with E-state index in [1.165, 1.54) is 36.1 Å². The van der Waals surface area contributed by atoms with Crippen LogP contribution >= 0.6 is 0 Å². The van der Waals surface area contributed by atoms with Crippen LogP contribution in [-0.4, -0.2) is 12.4 Å². The van der Waals surface area contributed by atoms with Crippen molar-refractivity contribution >= 4 is 5.69 Å². The smallest absolute Gasteiger partial charge is 0.358 e. The van der Waals surface area contributed by atoms with Gasteiger partial charge in [0, 0.05) is 17.9 Å². The van der Waals surface area contributed by atoms with E-state index >= 15 is 0 Å². The van der Waals surface area contributed by atoms with E-state index in [4.69, 9.17) is 0 Å². The maximum absolute atomic E-state index is 12.9. The molecule has 160 valence electrons. The first kappa shape index (κ1) is 20.8.